The normalized spacial score (nSPS) is 12.1. The Morgan fingerprint density at radius 3 is 2.53 bits per heavy atom. The monoisotopic (exact) mass is 226 g/mol. The summed E-state index contributed by atoms with van der Waals surface area (Å²) in [6.07, 6.45) is 1.76. The summed E-state index contributed by atoms with van der Waals surface area (Å²) in [5.74, 6) is 0. The molecule has 0 fully saturated rings. The summed E-state index contributed by atoms with van der Waals surface area (Å²) in [4.78, 5) is 6.38. The lowest BCUT2D eigenvalue weighted by Crippen LogP contribution is -2.40. The van der Waals surface area contributed by atoms with Crippen LogP contribution in [0.3, 0.4) is 0 Å². The van der Waals surface area contributed by atoms with Crippen LogP contribution in [0.15, 0.2) is 18.3 Å². The number of rotatable bonds is 3. The molecule has 0 aromatic carbocycles. The maximum absolute atomic E-state index is 5.86. The number of hydrogen-bond acceptors (Lipinski definition) is 2. The first kappa shape index (κ1) is 12.5. The predicted molar refractivity (Wildman–Crippen MR) is 65.1 cm³/mol. The summed E-state index contributed by atoms with van der Waals surface area (Å²) in [6, 6.07) is 3.94. The van der Waals surface area contributed by atoms with Crippen LogP contribution in [0, 0.1) is 0 Å². The van der Waals surface area contributed by atoms with Gasteiger partial charge < -0.3 is 0 Å². The smallest absolute Gasteiger partial charge is 0.129 e. The Hall–Kier alpha value is -0.600. The van der Waals surface area contributed by atoms with Crippen molar-refractivity contribution in [2.45, 2.75) is 39.8 Å². The van der Waals surface area contributed by atoms with E-state index in [-0.39, 0.29) is 5.54 Å². The van der Waals surface area contributed by atoms with Crippen molar-refractivity contribution in [3.8, 4) is 0 Å². The Morgan fingerprint density at radius 1 is 1.40 bits per heavy atom. The lowest BCUT2D eigenvalue weighted by atomic mass is 10.1. The van der Waals surface area contributed by atoms with E-state index in [9.17, 15) is 0 Å². The van der Waals surface area contributed by atoms with Gasteiger partial charge in [-0.2, -0.15) is 0 Å². The summed E-state index contributed by atoms with van der Waals surface area (Å²) >= 11 is 5.86. The van der Waals surface area contributed by atoms with Crippen molar-refractivity contribution in [3.63, 3.8) is 0 Å². The summed E-state index contributed by atoms with van der Waals surface area (Å²) in [5.41, 5.74) is 1.40. The van der Waals surface area contributed by atoms with Crippen LogP contribution in [0.5, 0.6) is 0 Å². The molecule has 3 heteroatoms. The zero-order chi connectivity index (χ0) is 11.5. The maximum Gasteiger partial charge on any atom is 0.129 e. The zero-order valence-corrected chi connectivity index (χ0v) is 10.7. The molecular weight excluding hydrogens is 208 g/mol. The predicted octanol–water partition coefficient (Wildman–Crippen LogP) is 3.36. The molecule has 0 radical (unpaired) electrons. The van der Waals surface area contributed by atoms with Crippen molar-refractivity contribution >= 4 is 11.6 Å². The van der Waals surface area contributed by atoms with Gasteiger partial charge in [0.15, 0.2) is 0 Å². The van der Waals surface area contributed by atoms with Gasteiger partial charge in [-0.15, -0.1) is 0 Å². The van der Waals surface area contributed by atoms with Crippen molar-refractivity contribution in [1.29, 1.82) is 0 Å². The molecule has 0 spiro atoms. The van der Waals surface area contributed by atoms with E-state index in [1.54, 1.807) is 6.20 Å². The topological polar surface area (TPSA) is 16.1 Å². The first-order valence-electron chi connectivity index (χ1n) is 5.29. The molecule has 0 atom stereocenters. The van der Waals surface area contributed by atoms with Gasteiger partial charge in [-0.3, -0.25) is 4.90 Å². The van der Waals surface area contributed by atoms with Crippen LogP contribution in [0.2, 0.25) is 5.15 Å². The van der Waals surface area contributed by atoms with Crippen molar-refractivity contribution in [2.75, 3.05) is 6.54 Å². The van der Waals surface area contributed by atoms with Gasteiger partial charge in [0.2, 0.25) is 0 Å². The molecule has 1 aromatic rings. The van der Waals surface area contributed by atoms with Crippen molar-refractivity contribution < 1.29 is 0 Å². The van der Waals surface area contributed by atoms with E-state index in [1.807, 2.05) is 12.1 Å². The third kappa shape index (κ3) is 3.80. The van der Waals surface area contributed by atoms with Crippen molar-refractivity contribution in [2.24, 2.45) is 0 Å². The van der Waals surface area contributed by atoms with E-state index >= 15 is 0 Å². The minimum Gasteiger partial charge on any atom is -0.295 e. The molecule has 0 amide bonds. The Morgan fingerprint density at radius 2 is 2.07 bits per heavy atom. The van der Waals surface area contributed by atoms with Crippen LogP contribution in [-0.2, 0) is 6.54 Å². The number of nitrogens with zero attached hydrogens (tertiary/aromatic N) is 2. The first-order chi connectivity index (χ1) is 6.93. The molecule has 1 rings (SSSR count). The molecule has 15 heavy (non-hydrogen) atoms. The molecule has 0 aliphatic rings. The van der Waals surface area contributed by atoms with Gasteiger partial charge in [0, 0.05) is 18.3 Å². The zero-order valence-electron chi connectivity index (χ0n) is 9.92. The largest absolute Gasteiger partial charge is 0.295 e. The van der Waals surface area contributed by atoms with Gasteiger partial charge in [0.25, 0.3) is 0 Å². The van der Waals surface area contributed by atoms with Crippen LogP contribution < -0.4 is 0 Å². The van der Waals surface area contributed by atoms with E-state index in [0.29, 0.717) is 5.15 Å². The van der Waals surface area contributed by atoms with Gasteiger partial charge in [-0.25, -0.2) is 4.98 Å². The quantitative estimate of drug-likeness (QED) is 0.735. The standard InChI is InChI=1S/C12H19ClN2/c1-5-15(12(2,3)4)9-10-6-7-14-11(13)8-10/h6-8H,5,9H2,1-4H3. The molecule has 0 saturated carbocycles. The van der Waals surface area contributed by atoms with Crippen LogP contribution in [0.1, 0.15) is 33.3 Å². The third-order valence-corrected chi connectivity index (χ3v) is 2.70. The Labute approximate surface area is 97.3 Å². The Kier molecular flexibility index (Phi) is 4.12. The number of hydrogen-bond donors (Lipinski definition) is 0. The van der Waals surface area contributed by atoms with Gasteiger partial charge >= 0.3 is 0 Å². The number of aromatic nitrogens is 1. The fourth-order valence-corrected chi connectivity index (χ4v) is 1.78. The molecule has 2 nitrogen and oxygen atoms in total. The van der Waals surface area contributed by atoms with Gasteiger partial charge in [0.1, 0.15) is 5.15 Å². The molecule has 1 heterocycles. The lowest BCUT2D eigenvalue weighted by Gasteiger charge is -2.34. The average molecular weight is 227 g/mol. The summed E-state index contributed by atoms with van der Waals surface area (Å²) < 4.78 is 0. The highest BCUT2D eigenvalue weighted by atomic mass is 35.5. The minimum atomic E-state index is 0.185. The number of pyridine rings is 1. The molecule has 0 aliphatic carbocycles. The van der Waals surface area contributed by atoms with Gasteiger partial charge in [0.05, 0.1) is 0 Å². The molecule has 0 unspecified atom stereocenters. The highest BCUT2D eigenvalue weighted by Crippen LogP contribution is 2.17. The highest BCUT2D eigenvalue weighted by molar-refractivity contribution is 6.29. The van der Waals surface area contributed by atoms with E-state index in [2.05, 4.69) is 37.6 Å². The fourth-order valence-electron chi connectivity index (χ4n) is 1.58. The van der Waals surface area contributed by atoms with E-state index in [0.717, 1.165) is 13.1 Å². The Bertz CT molecular complexity index is 318. The molecule has 84 valence electrons. The molecule has 1 aromatic heterocycles. The second-order valence-corrected chi connectivity index (χ2v) is 5.06. The average Bonchev–Trinajstić information content (AvgIpc) is 2.12. The molecule has 0 aliphatic heterocycles. The van der Waals surface area contributed by atoms with Crippen molar-refractivity contribution in [3.05, 3.63) is 29.0 Å². The van der Waals surface area contributed by atoms with Crippen LogP contribution in [-0.4, -0.2) is 22.0 Å². The molecule has 0 bridgehead atoms. The second-order valence-electron chi connectivity index (χ2n) is 4.67. The van der Waals surface area contributed by atoms with E-state index < -0.39 is 0 Å². The number of halogens is 1. The molecule has 0 saturated heterocycles. The van der Waals surface area contributed by atoms with Crippen LogP contribution in [0.25, 0.3) is 0 Å². The van der Waals surface area contributed by atoms with E-state index in [4.69, 9.17) is 11.6 Å². The Balaban J connectivity index is 2.76. The van der Waals surface area contributed by atoms with Crippen LogP contribution >= 0.6 is 11.6 Å². The fraction of sp³-hybridized carbons (Fsp3) is 0.583. The summed E-state index contributed by atoms with van der Waals surface area (Å²) in [6.45, 7) is 10.8. The first-order valence-corrected chi connectivity index (χ1v) is 5.66. The van der Waals surface area contributed by atoms with Crippen LogP contribution in [0.4, 0.5) is 0 Å². The third-order valence-electron chi connectivity index (χ3n) is 2.49. The summed E-state index contributed by atoms with van der Waals surface area (Å²) in [7, 11) is 0. The second kappa shape index (κ2) is 4.95. The highest BCUT2D eigenvalue weighted by Gasteiger charge is 2.19. The maximum atomic E-state index is 5.86. The van der Waals surface area contributed by atoms with E-state index in [1.165, 1.54) is 5.56 Å². The SMILES string of the molecule is CCN(Cc1ccnc(Cl)c1)C(C)(C)C. The minimum absolute atomic E-state index is 0.185. The molecule has 0 N–H and O–H groups in total. The molecular formula is C12H19ClN2. The summed E-state index contributed by atoms with van der Waals surface area (Å²) in [5, 5.41) is 0.567. The van der Waals surface area contributed by atoms with Gasteiger partial charge in [-0.1, -0.05) is 18.5 Å². The lowest BCUT2D eigenvalue weighted by molar-refractivity contribution is 0.136. The van der Waals surface area contributed by atoms with Crippen molar-refractivity contribution in [1.82, 2.24) is 9.88 Å². The van der Waals surface area contributed by atoms with Gasteiger partial charge in [-0.05, 0) is 45.0 Å².